The van der Waals surface area contributed by atoms with E-state index in [1.807, 2.05) is 0 Å². The van der Waals surface area contributed by atoms with Gasteiger partial charge in [-0.25, -0.2) is 4.79 Å². The summed E-state index contributed by atoms with van der Waals surface area (Å²) in [5.41, 5.74) is -1.00. The first kappa shape index (κ1) is 15.1. The summed E-state index contributed by atoms with van der Waals surface area (Å²) in [5, 5.41) is 12.3. The maximum absolute atomic E-state index is 12.5. The van der Waals surface area contributed by atoms with Crippen LogP contribution in [0.3, 0.4) is 0 Å². The molecule has 2 rings (SSSR count). The van der Waals surface area contributed by atoms with Gasteiger partial charge in [-0.05, 0) is 15.9 Å². The number of rotatable bonds is 2. The van der Waals surface area contributed by atoms with Crippen LogP contribution in [-0.4, -0.2) is 51.7 Å². The van der Waals surface area contributed by atoms with Crippen molar-refractivity contribution < 1.29 is 27.8 Å². The molecule has 10 heteroatoms. The van der Waals surface area contributed by atoms with E-state index in [0.29, 0.717) is 0 Å². The van der Waals surface area contributed by atoms with Crippen LogP contribution in [0, 0.1) is 0 Å². The highest BCUT2D eigenvalue weighted by atomic mass is 79.9. The van der Waals surface area contributed by atoms with Crippen LogP contribution in [0.5, 0.6) is 0 Å². The summed E-state index contributed by atoms with van der Waals surface area (Å²) < 4.78 is 44.2. The monoisotopic (exact) mass is 357 g/mol. The molecule has 1 amide bonds. The zero-order valence-electron chi connectivity index (χ0n) is 10.1. The summed E-state index contributed by atoms with van der Waals surface area (Å²) in [6, 6.07) is 0.873. The highest BCUT2D eigenvalue weighted by molar-refractivity contribution is 9.10. The van der Waals surface area contributed by atoms with Gasteiger partial charge in [-0.3, -0.25) is 4.68 Å². The van der Waals surface area contributed by atoms with E-state index in [2.05, 4.69) is 21.0 Å². The van der Waals surface area contributed by atoms with Crippen molar-refractivity contribution in [2.45, 2.75) is 18.8 Å². The van der Waals surface area contributed by atoms with E-state index in [9.17, 15) is 18.0 Å². The van der Waals surface area contributed by atoms with Crippen molar-refractivity contribution in [2.24, 2.45) is 0 Å². The number of carboxylic acid groups (broad SMARTS) is 1. The minimum Gasteiger partial charge on any atom is -0.465 e. The second-order valence-electron chi connectivity index (χ2n) is 4.25. The third kappa shape index (κ3) is 3.42. The number of ether oxygens (including phenoxy) is 1. The van der Waals surface area contributed by atoms with Gasteiger partial charge in [0.2, 0.25) is 0 Å². The number of aromatic nitrogens is 2. The normalized spacial score (nSPS) is 20.2. The number of halogens is 4. The Bertz CT molecular complexity index is 506. The number of nitrogens with zero attached hydrogens (tertiary/aromatic N) is 3. The fraction of sp³-hybridized carbons (Fsp3) is 0.600. The predicted octanol–water partition coefficient (Wildman–Crippen LogP) is 2.04. The van der Waals surface area contributed by atoms with E-state index < -0.39 is 24.1 Å². The average molecular weight is 358 g/mol. The fourth-order valence-electron chi connectivity index (χ4n) is 1.86. The maximum atomic E-state index is 12.5. The SMILES string of the molecule is O=C(O)N1CCOC(Cn2nc(C(F)(F)F)cc2Br)C1. The molecule has 6 nitrogen and oxygen atoms in total. The molecule has 20 heavy (non-hydrogen) atoms. The quantitative estimate of drug-likeness (QED) is 0.879. The molecular formula is C10H11BrF3N3O3. The lowest BCUT2D eigenvalue weighted by Gasteiger charge is -2.31. The van der Waals surface area contributed by atoms with Gasteiger partial charge in [-0.15, -0.1) is 0 Å². The van der Waals surface area contributed by atoms with Crippen molar-refractivity contribution in [3.63, 3.8) is 0 Å². The van der Waals surface area contributed by atoms with Gasteiger partial charge < -0.3 is 14.7 Å². The molecule has 1 aliphatic rings. The van der Waals surface area contributed by atoms with Gasteiger partial charge in [0, 0.05) is 12.6 Å². The molecular weight excluding hydrogens is 347 g/mol. The molecule has 0 spiro atoms. The van der Waals surface area contributed by atoms with Crippen molar-refractivity contribution in [3.05, 3.63) is 16.4 Å². The van der Waals surface area contributed by atoms with Gasteiger partial charge in [0.1, 0.15) is 4.60 Å². The van der Waals surface area contributed by atoms with E-state index in [4.69, 9.17) is 9.84 Å². The van der Waals surface area contributed by atoms with E-state index in [1.165, 1.54) is 0 Å². The Morgan fingerprint density at radius 1 is 1.60 bits per heavy atom. The number of hydrogen-bond acceptors (Lipinski definition) is 3. The largest absolute Gasteiger partial charge is 0.465 e. The maximum Gasteiger partial charge on any atom is 0.435 e. The van der Waals surface area contributed by atoms with Gasteiger partial charge in [0.25, 0.3) is 0 Å². The third-order valence-corrected chi connectivity index (χ3v) is 3.45. The van der Waals surface area contributed by atoms with Gasteiger partial charge in [-0.1, -0.05) is 0 Å². The number of alkyl halides is 3. The van der Waals surface area contributed by atoms with Gasteiger partial charge in [0.15, 0.2) is 5.69 Å². The van der Waals surface area contributed by atoms with Crippen molar-refractivity contribution in [1.29, 1.82) is 0 Å². The molecule has 1 aromatic rings. The summed E-state index contributed by atoms with van der Waals surface area (Å²) in [4.78, 5) is 12.0. The highest BCUT2D eigenvalue weighted by Gasteiger charge is 2.35. The Balaban J connectivity index is 2.06. The molecule has 1 N–H and O–H groups in total. The molecule has 0 bridgehead atoms. The zero-order valence-corrected chi connectivity index (χ0v) is 11.7. The van der Waals surface area contributed by atoms with Crippen LogP contribution in [-0.2, 0) is 17.5 Å². The molecule has 1 aliphatic heterocycles. The second-order valence-corrected chi connectivity index (χ2v) is 5.07. The highest BCUT2D eigenvalue weighted by Crippen LogP contribution is 2.30. The lowest BCUT2D eigenvalue weighted by Crippen LogP contribution is -2.46. The van der Waals surface area contributed by atoms with Crippen molar-refractivity contribution in [3.8, 4) is 0 Å². The Labute approximate surface area is 120 Å². The zero-order chi connectivity index (χ0) is 14.9. The lowest BCUT2D eigenvalue weighted by molar-refractivity contribution is -0.141. The standard InChI is InChI=1S/C10H11BrF3N3O3/c11-8-3-7(10(12,13)14)15-17(8)5-6-4-16(9(18)19)1-2-20-6/h3,6H,1-2,4-5H2,(H,18,19). The predicted molar refractivity (Wildman–Crippen MR) is 64.3 cm³/mol. The summed E-state index contributed by atoms with van der Waals surface area (Å²) in [5.74, 6) is 0. The molecule has 1 unspecified atom stereocenters. The molecule has 0 radical (unpaired) electrons. The lowest BCUT2D eigenvalue weighted by atomic mass is 10.3. The molecule has 0 aromatic carbocycles. The fourth-order valence-corrected chi connectivity index (χ4v) is 2.30. The number of carbonyl (C=O) groups is 1. The first-order chi connectivity index (χ1) is 9.27. The first-order valence-electron chi connectivity index (χ1n) is 5.67. The number of amides is 1. The molecule has 1 saturated heterocycles. The molecule has 1 aromatic heterocycles. The Morgan fingerprint density at radius 3 is 2.85 bits per heavy atom. The van der Waals surface area contributed by atoms with Crippen LogP contribution in [0.25, 0.3) is 0 Å². The minimum atomic E-state index is -4.52. The van der Waals surface area contributed by atoms with Crippen LogP contribution in [0.4, 0.5) is 18.0 Å². The van der Waals surface area contributed by atoms with Crippen LogP contribution < -0.4 is 0 Å². The Kier molecular flexibility index (Phi) is 4.23. The molecule has 112 valence electrons. The van der Waals surface area contributed by atoms with Crippen molar-refractivity contribution in [2.75, 3.05) is 19.7 Å². The molecule has 0 aliphatic carbocycles. The first-order valence-corrected chi connectivity index (χ1v) is 6.46. The van der Waals surface area contributed by atoms with Crippen LogP contribution in [0.2, 0.25) is 0 Å². The number of hydrogen-bond donors (Lipinski definition) is 1. The van der Waals surface area contributed by atoms with Gasteiger partial charge >= 0.3 is 12.3 Å². The number of morpholine rings is 1. The molecule has 2 heterocycles. The van der Waals surface area contributed by atoms with Crippen LogP contribution >= 0.6 is 15.9 Å². The smallest absolute Gasteiger partial charge is 0.435 e. The van der Waals surface area contributed by atoms with Gasteiger partial charge in [0.05, 0.1) is 25.8 Å². The average Bonchev–Trinajstić information content (AvgIpc) is 2.71. The minimum absolute atomic E-state index is 0.0421. The topological polar surface area (TPSA) is 67.6 Å². The van der Waals surface area contributed by atoms with Crippen molar-refractivity contribution in [1.82, 2.24) is 14.7 Å². The van der Waals surface area contributed by atoms with E-state index >= 15 is 0 Å². The third-order valence-electron chi connectivity index (χ3n) is 2.81. The van der Waals surface area contributed by atoms with Crippen LogP contribution in [0.1, 0.15) is 5.69 Å². The Hall–Kier alpha value is -1.29. The van der Waals surface area contributed by atoms with E-state index in [1.54, 1.807) is 0 Å². The molecule has 1 atom stereocenters. The summed E-state index contributed by atoms with van der Waals surface area (Å²) in [7, 11) is 0. The van der Waals surface area contributed by atoms with E-state index in [0.717, 1.165) is 15.6 Å². The summed E-state index contributed by atoms with van der Waals surface area (Å²) >= 11 is 3.00. The summed E-state index contributed by atoms with van der Waals surface area (Å²) in [6.45, 7) is 0.603. The van der Waals surface area contributed by atoms with Gasteiger partial charge in [-0.2, -0.15) is 18.3 Å². The summed E-state index contributed by atoms with van der Waals surface area (Å²) in [6.07, 6.45) is -6.13. The van der Waals surface area contributed by atoms with Crippen molar-refractivity contribution >= 4 is 22.0 Å². The van der Waals surface area contributed by atoms with Crippen LogP contribution in [0.15, 0.2) is 10.7 Å². The second kappa shape index (κ2) is 5.60. The molecule has 1 fully saturated rings. The molecule has 0 saturated carbocycles. The van der Waals surface area contributed by atoms with E-state index in [-0.39, 0.29) is 30.8 Å². The Morgan fingerprint density at radius 2 is 2.30 bits per heavy atom.